The van der Waals surface area contributed by atoms with Crippen molar-refractivity contribution in [2.45, 2.75) is 25.0 Å². The van der Waals surface area contributed by atoms with E-state index in [-0.39, 0.29) is 23.8 Å². The molecule has 3 aliphatic rings. The molecule has 36 heavy (non-hydrogen) atoms. The van der Waals surface area contributed by atoms with E-state index in [1.165, 1.54) is 6.20 Å². The first-order valence-electron chi connectivity index (χ1n) is 12.1. The quantitative estimate of drug-likeness (QED) is 0.529. The Morgan fingerprint density at radius 3 is 2.67 bits per heavy atom. The van der Waals surface area contributed by atoms with Crippen LogP contribution in [0.5, 0.6) is 17.4 Å². The van der Waals surface area contributed by atoms with Crippen LogP contribution in [0.4, 0.5) is 10.5 Å². The van der Waals surface area contributed by atoms with Crippen molar-refractivity contribution in [2.75, 3.05) is 51.4 Å². The minimum Gasteiger partial charge on any atom is -0.486 e. The molecule has 0 bridgehead atoms. The summed E-state index contributed by atoms with van der Waals surface area (Å²) in [6.45, 7) is 3.68. The Balaban J connectivity index is 1.10. The Bertz CT molecular complexity index is 1350. The second kappa shape index (κ2) is 9.30. The van der Waals surface area contributed by atoms with E-state index >= 15 is 0 Å². The summed E-state index contributed by atoms with van der Waals surface area (Å²) in [5, 5.41) is 0. The van der Waals surface area contributed by atoms with Gasteiger partial charge in [-0.25, -0.2) is 9.78 Å². The lowest BCUT2D eigenvalue weighted by atomic mass is 10.0. The van der Waals surface area contributed by atoms with Crippen molar-refractivity contribution in [3.05, 3.63) is 46.9 Å². The van der Waals surface area contributed by atoms with Crippen LogP contribution in [0.1, 0.15) is 18.9 Å². The normalized spacial score (nSPS) is 20.5. The number of rotatable bonds is 5. The lowest BCUT2D eigenvalue weighted by molar-refractivity contribution is 0.0924. The van der Waals surface area contributed by atoms with Crippen LogP contribution in [-0.4, -0.2) is 78.1 Å². The summed E-state index contributed by atoms with van der Waals surface area (Å²) in [4.78, 5) is 37.9. The molecule has 0 N–H and O–H groups in total. The van der Waals surface area contributed by atoms with E-state index in [1.807, 2.05) is 24.3 Å². The van der Waals surface area contributed by atoms with E-state index in [0.717, 1.165) is 31.6 Å². The Kier molecular flexibility index (Phi) is 5.84. The summed E-state index contributed by atoms with van der Waals surface area (Å²) in [6, 6.07) is 9.06. The molecule has 11 heteroatoms. The maximum Gasteiger partial charge on any atom is 0.414 e. The predicted molar refractivity (Wildman–Crippen MR) is 130 cm³/mol. The summed E-state index contributed by atoms with van der Waals surface area (Å²) in [5.41, 5.74) is 1.77. The monoisotopic (exact) mass is 493 g/mol. The maximum atomic E-state index is 12.7. The van der Waals surface area contributed by atoms with E-state index in [0.29, 0.717) is 54.8 Å². The molecule has 5 heterocycles. The molecule has 2 aromatic heterocycles. The molecule has 3 aliphatic heterocycles. The number of cyclic esters (lactones) is 1. The largest absolute Gasteiger partial charge is 0.486 e. The van der Waals surface area contributed by atoms with Crippen molar-refractivity contribution in [3.8, 4) is 17.4 Å². The number of likely N-dealkylation sites (tertiary alicyclic amines) is 1. The van der Waals surface area contributed by atoms with E-state index < -0.39 is 0 Å². The maximum absolute atomic E-state index is 12.7. The molecule has 188 valence electrons. The zero-order chi connectivity index (χ0) is 24.6. The molecule has 2 saturated heterocycles. The van der Waals surface area contributed by atoms with Gasteiger partial charge >= 0.3 is 6.09 Å². The number of hydrogen-bond donors (Lipinski definition) is 0. The fourth-order valence-corrected chi connectivity index (χ4v) is 5.14. The van der Waals surface area contributed by atoms with Gasteiger partial charge in [-0.15, -0.1) is 0 Å². The fraction of sp³-hybridized carbons (Fsp3) is 0.440. The Morgan fingerprint density at radius 2 is 1.86 bits per heavy atom. The standard InChI is InChI=1S/C25H27N5O6/c1-33-22-5-3-19-24(27-22)30(23(31)13-26-19)16-6-8-28(9-7-16)14-18-15-29(25(32)36-18)17-2-4-20-21(12-17)35-11-10-34-20/h2-5,12-13,16,18H,6-11,14-15H2,1H3/t18-/m1/s1. The summed E-state index contributed by atoms with van der Waals surface area (Å²) >= 11 is 0. The van der Waals surface area contributed by atoms with Gasteiger partial charge < -0.3 is 18.9 Å². The van der Waals surface area contributed by atoms with Gasteiger partial charge in [0.1, 0.15) is 24.8 Å². The first kappa shape index (κ1) is 22.6. The van der Waals surface area contributed by atoms with Crippen LogP contribution in [0, 0.1) is 0 Å². The Morgan fingerprint density at radius 1 is 1.06 bits per heavy atom. The van der Waals surface area contributed by atoms with Crippen molar-refractivity contribution in [1.29, 1.82) is 0 Å². The molecule has 1 amide bonds. The number of aromatic nitrogens is 3. The van der Waals surface area contributed by atoms with Crippen molar-refractivity contribution < 1.29 is 23.7 Å². The Hall–Kier alpha value is -3.86. The minimum absolute atomic E-state index is 0.0131. The predicted octanol–water partition coefficient (Wildman–Crippen LogP) is 2.23. The van der Waals surface area contributed by atoms with E-state index in [2.05, 4.69) is 14.9 Å². The molecule has 0 radical (unpaired) electrons. The van der Waals surface area contributed by atoms with Gasteiger partial charge in [0.05, 0.1) is 25.5 Å². The van der Waals surface area contributed by atoms with Crippen LogP contribution >= 0.6 is 0 Å². The number of carbonyl (C=O) groups is 1. The zero-order valence-corrected chi connectivity index (χ0v) is 20.0. The molecular formula is C25H27N5O6. The average molecular weight is 494 g/mol. The molecule has 0 unspecified atom stereocenters. The highest BCUT2D eigenvalue weighted by molar-refractivity contribution is 5.90. The summed E-state index contributed by atoms with van der Waals surface area (Å²) in [6.07, 6.45) is 2.32. The fourth-order valence-electron chi connectivity index (χ4n) is 5.14. The molecule has 11 nitrogen and oxygen atoms in total. The van der Waals surface area contributed by atoms with E-state index in [1.54, 1.807) is 22.6 Å². The number of anilines is 1. The number of ether oxygens (including phenoxy) is 4. The van der Waals surface area contributed by atoms with Crippen LogP contribution in [0.25, 0.3) is 11.2 Å². The number of piperidine rings is 1. The number of pyridine rings is 1. The van der Waals surface area contributed by atoms with Crippen LogP contribution < -0.4 is 24.7 Å². The molecule has 1 aromatic carbocycles. The van der Waals surface area contributed by atoms with Crippen LogP contribution in [0.2, 0.25) is 0 Å². The second-order valence-corrected chi connectivity index (χ2v) is 9.14. The highest BCUT2D eigenvalue weighted by atomic mass is 16.6. The number of fused-ring (bicyclic) bond motifs is 2. The number of methoxy groups -OCH3 is 1. The van der Waals surface area contributed by atoms with Crippen LogP contribution in [0.15, 0.2) is 41.3 Å². The third-order valence-corrected chi connectivity index (χ3v) is 6.91. The van der Waals surface area contributed by atoms with Gasteiger partial charge in [-0.1, -0.05) is 0 Å². The molecular weight excluding hydrogens is 466 g/mol. The first-order chi connectivity index (χ1) is 17.6. The number of benzene rings is 1. The van der Waals surface area contributed by atoms with Crippen LogP contribution in [-0.2, 0) is 4.74 Å². The topological polar surface area (TPSA) is 108 Å². The molecule has 0 spiro atoms. The molecule has 3 aromatic rings. The number of nitrogens with zero attached hydrogens (tertiary/aromatic N) is 5. The Labute approximate surface area is 207 Å². The highest BCUT2D eigenvalue weighted by Gasteiger charge is 2.35. The van der Waals surface area contributed by atoms with E-state index in [4.69, 9.17) is 18.9 Å². The van der Waals surface area contributed by atoms with Gasteiger partial charge in [0.2, 0.25) is 5.88 Å². The third-order valence-electron chi connectivity index (χ3n) is 6.91. The number of amides is 1. The van der Waals surface area contributed by atoms with Crippen molar-refractivity contribution in [3.63, 3.8) is 0 Å². The second-order valence-electron chi connectivity index (χ2n) is 9.14. The summed E-state index contributed by atoms with van der Waals surface area (Å²) in [5.74, 6) is 1.78. The van der Waals surface area contributed by atoms with Gasteiger partial charge in [-0.05, 0) is 31.0 Å². The summed E-state index contributed by atoms with van der Waals surface area (Å²) < 4.78 is 23.9. The SMILES string of the molecule is COc1ccc2ncc(=O)n(C3CCN(C[C@@H]4CN(c5ccc6c(c5)OCCO6)C(=O)O4)CC3)c2n1. The third kappa shape index (κ3) is 4.19. The lowest BCUT2D eigenvalue weighted by Gasteiger charge is -2.33. The molecule has 0 aliphatic carbocycles. The first-order valence-corrected chi connectivity index (χ1v) is 12.1. The van der Waals surface area contributed by atoms with Gasteiger partial charge in [-0.3, -0.25) is 19.2 Å². The average Bonchev–Trinajstić information content (AvgIpc) is 3.28. The smallest absolute Gasteiger partial charge is 0.414 e. The van der Waals surface area contributed by atoms with Crippen LogP contribution in [0.3, 0.4) is 0 Å². The van der Waals surface area contributed by atoms with Crippen molar-refractivity contribution in [1.82, 2.24) is 19.4 Å². The van der Waals surface area contributed by atoms with Gasteiger partial charge in [0, 0.05) is 37.8 Å². The number of carbonyl (C=O) groups excluding carboxylic acids is 1. The molecule has 0 saturated carbocycles. The van der Waals surface area contributed by atoms with Gasteiger partial charge in [0.25, 0.3) is 5.56 Å². The molecule has 1 atom stereocenters. The number of hydrogen-bond acceptors (Lipinski definition) is 9. The van der Waals surface area contributed by atoms with E-state index in [9.17, 15) is 9.59 Å². The lowest BCUT2D eigenvalue weighted by Crippen LogP contribution is -2.42. The zero-order valence-electron chi connectivity index (χ0n) is 20.0. The molecule has 2 fully saturated rings. The van der Waals surface area contributed by atoms with Gasteiger partial charge in [-0.2, -0.15) is 4.98 Å². The van der Waals surface area contributed by atoms with Crippen molar-refractivity contribution >= 4 is 22.9 Å². The highest BCUT2D eigenvalue weighted by Crippen LogP contribution is 2.35. The van der Waals surface area contributed by atoms with Gasteiger partial charge in [0.15, 0.2) is 17.1 Å². The molecule has 6 rings (SSSR count). The van der Waals surface area contributed by atoms with Crippen molar-refractivity contribution in [2.24, 2.45) is 0 Å². The summed E-state index contributed by atoms with van der Waals surface area (Å²) in [7, 11) is 1.55. The minimum atomic E-state index is -0.360.